The Bertz CT molecular complexity index is 315. The number of rotatable bonds is 1. The van der Waals surface area contributed by atoms with Gasteiger partial charge in [-0.2, -0.15) is 0 Å². The Kier molecular flexibility index (Phi) is 3.17. The van der Waals surface area contributed by atoms with Gasteiger partial charge < -0.3 is 0 Å². The lowest BCUT2D eigenvalue weighted by atomic mass is 9.71. The summed E-state index contributed by atoms with van der Waals surface area (Å²) < 4.78 is 0. The minimum absolute atomic E-state index is 0.315. The Hall–Kier alpha value is -0.0400. The zero-order chi connectivity index (χ0) is 13.9. The molecule has 1 heteroatoms. The topological polar surface area (TPSA) is 3.24 Å². The van der Waals surface area contributed by atoms with Crippen LogP contribution >= 0.6 is 0 Å². The zero-order valence-electron chi connectivity index (χ0n) is 13.8. The molecule has 1 saturated heterocycles. The number of hydrogen-bond donors (Lipinski definition) is 0. The van der Waals surface area contributed by atoms with E-state index in [9.17, 15) is 0 Å². The quantitative estimate of drug-likeness (QED) is 0.660. The molecule has 0 aromatic heterocycles. The first-order valence-electron chi connectivity index (χ1n) is 7.71. The fraction of sp³-hybridized carbons (Fsp3) is 1.00. The van der Waals surface area contributed by atoms with E-state index in [1.165, 1.54) is 19.4 Å². The average molecular weight is 251 g/mol. The van der Waals surface area contributed by atoms with Gasteiger partial charge in [0.15, 0.2) is 0 Å². The van der Waals surface area contributed by atoms with Crippen molar-refractivity contribution in [1.82, 2.24) is 4.90 Å². The van der Waals surface area contributed by atoms with Crippen LogP contribution in [0.1, 0.15) is 68.2 Å². The van der Waals surface area contributed by atoms with Gasteiger partial charge in [0.05, 0.1) is 0 Å². The van der Waals surface area contributed by atoms with E-state index in [1.54, 1.807) is 0 Å². The van der Waals surface area contributed by atoms with Crippen molar-refractivity contribution in [1.29, 1.82) is 0 Å². The molecule has 0 N–H and O–H groups in total. The van der Waals surface area contributed by atoms with Gasteiger partial charge in [-0.3, -0.25) is 4.90 Å². The summed E-state index contributed by atoms with van der Waals surface area (Å²) in [5, 5.41) is 0. The molecule has 2 rings (SSSR count). The van der Waals surface area contributed by atoms with E-state index in [2.05, 4.69) is 60.3 Å². The molecule has 1 aliphatic heterocycles. The third-order valence-electron chi connectivity index (χ3n) is 6.21. The van der Waals surface area contributed by atoms with E-state index in [4.69, 9.17) is 0 Å². The lowest BCUT2D eigenvalue weighted by Gasteiger charge is -2.51. The van der Waals surface area contributed by atoms with E-state index >= 15 is 0 Å². The highest BCUT2D eigenvalue weighted by Crippen LogP contribution is 2.53. The van der Waals surface area contributed by atoms with Crippen molar-refractivity contribution in [2.24, 2.45) is 22.7 Å². The molecule has 1 nitrogen and oxygen atoms in total. The van der Waals surface area contributed by atoms with Gasteiger partial charge in [0.2, 0.25) is 0 Å². The molecule has 2 fully saturated rings. The molecule has 3 unspecified atom stereocenters. The van der Waals surface area contributed by atoms with Crippen molar-refractivity contribution in [2.45, 2.75) is 79.8 Å². The number of likely N-dealkylation sites (tertiary alicyclic amines) is 1. The standard InChI is InChI=1S/C17H33N/c1-15(2,3)14-10-13-9-12(14)11-18(13)17(7,8)16(4,5)6/h12-14H,9-11H2,1-8H3. The maximum Gasteiger partial charge on any atom is 0.0204 e. The molecule has 0 aromatic rings. The van der Waals surface area contributed by atoms with Gasteiger partial charge in [-0.25, -0.2) is 0 Å². The van der Waals surface area contributed by atoms with Crippen LogP contribution in [0, 0.1) is 22.7 Å². The van der Waals surface area contributed by atoms with E-state index in [1.807, 2.05) is 0 Å². The third kappa shape index (κ3) is 2.13. The monoisotopic (exact) mass is 251 g/mol. The minimum atomic E-state index is 0.315. The molecule has 18 heavy (non-hydrogen) atoms. The minimum Gasteiger partial charge on any atom is -0.294 e. The van der Waals surface area contributed by atoms with Crippen LogP contribution in [0.2, 0.25) is 0 Å². The van der Waals surface area contributed by atoms with Crippen LogP contribution in [0.15, 0.2) is 0 Å². The summed E-state index contributed by atoms with van der Waals surface area (Å²) in [6.45, 7) is 20.7. The van der Waals surface area contributed by atoms with E-state index in [0.717, 1.165) is 17.9 Å². The van der Waals surface area contributed by atoms with Crippen LogP contribution < -0.4 is 0 Å². The van der Waals surface area contributed by atoms with Gasteiger partial charge in [0.25, 0.3) is 0 Å². The highest BCUT2D eigenvalue weighted by Gasteiger charge is 2.53. The van der Waals surface area contributed by atoms with Gasteiger partial charge in [-0.15, -0.1) is 0 Å². The third-order valence-corrected chi connectivity index (χ3v) is 6.21. The molecule has 3 atom stereocenters. The number of fused-ring (bicyclic) bond motifs is 2. The fourth-order valence-electron chi connectivity index (χ4n) is 4.13. The van der Waals surface area contributed by atoms with E-state index < -0.39 is 0 Å². The van der Waals surface area contributed by atoms with Crippen molar-refractivity contribution >= 4 is 0 Å². The molecule has 1 aliphatic carbocycles. The highest BCUT2D eigenvalue weighted by molar-refractivity contribution is 5.07. The van der Waals surface area contributed by atoms with Gasteiger partial charge >= 0.3 is 0 Å². The zero-order valence-corrected chi connectivity index (χ0v) is 13.8. The summed E-state index contributed by atoms with van der Waals surface area (Å²) in [5.74, 6) is 1.88. The van der Waals surface area contributed by atoms with Gasteiger partial charge in [0.1, 0.15) is 0 Å². The molecular formula is C17H33N. The summed E-state index contributed by atoms with van der Waals surface area (Å²) in [6, 6.07) is 0.841. The van der Waals surface area contributed by atoms with Crippen molar-refractivity contribution in [2.75, 3.05) is 6.54 Å². The number of hydrogen-bond acceptors (Lipinski definition) is 1. The second kappa shape index (κ2) is 3.98. The molecule has 0 spiro atoms. The smallest absolute Gasteiger partial charge is 0.0204 e. The molecule has 106 valence electrons. The van der Waals surface area contributed by atoms with Gasteiger partial charge in [0, 0.05) is 18.1 Å². The second-order valence-corrected chi connectivity index (χ2v) is 9.32. The molecule has 0 aromatic carbocycles. The Balaban J connectivity index is 2.13. The Labute approximate surface area is 114 Å². The first kappa shape index (κ1) is 14.4. The van der Waals surface area contributed by atoms with E-state index in [0.29, 0.717) is 16.4 Å². The van der Waals surface area contributed by atoms with Crippen LogP contribution in [-0.4, -0.2) is 23.0 Å². The summed E-state index contributed by atoms with van der Waals surface area (Å²) >= 11 is 0. The largest absolute Gasteiger partial charge is 0.294 e. The number of nitrogens with zero attached hydrogens (tertiary/aromatic N) is 1. The molecule has 1 heterocycles. The lowest BCUT2D eigenvalue weighted by Crippen LogP contribution is -2.56. The van der Waals surface area contributed by atoms with Crippen LogP contribution in [0.4, 0.5) is 0 Å². The average Bonchev–Trinajstić information content (AvgIpc) is 2.72. The molecule has 1 saturated carbocycles. The SMILES string of the molecule is CC(C)(C)C1CC2CC1CN2C(C)(C)C(C)(C)C. The molecular weight excluding hydrogens is 218 g/mol. The van der Waals surface area contributed by atoms with Crippen molar-refractivity contribution in [3.05, 3.63) is 0 Å². The van der Waals surface area contributed by atoms with Crippen molar-refractivity contribution < 1.29 is 0 Å². The van der Waals surface area contributed by atoms with E-state index in [-0.39, 0.29) is 0 Å². The summed E-state index contributed by atoms with van der Waals surface area (Å²) in [4.78, 5) is 2.82. The van der Waals surface area contributed by atoms with Gasteiger partial charge in [-0.05, 0) is 49.4 Å². The molecule has 0 amide bonds. The van der Waals surface area contributed by atoms with Crippen LogP contribution in [-0.2, 0) is 0 Å². The Morgan fingerprint density at radius 2 is 1.39 bits per heavy atom. The lowest BCUT2D eigenvalue weighted by molar-refractivity contribution is -0.0223. The summed E-state index contributed by atoms with van der Waals surface area (Å²) in [5.41, 5.74) is 1.17. The second-order valence-electron chi connectivity index (χ2n) is 9.32. The van der Waals surface area contributed by atoms with Crippen LogP contribution in [0.5, 0.6) is 0 Å². The Morgan fingerprint density at radius 3 is 1.72 bits per heavy atom. The predicted molar refractivity (Wildman–Crippen MR) is 79.7 cm³/mol. The van der Waals surface area contributed by atoms with Crippen LogP contribution in [0.3, 0.4) is 0 Å². The first-order chi connectivity index (χ1) is 7.94. The van der Waals surface area contributed by atoms with Crippen molar-refractivity contribution in [3.63, 3.8) is 0 Å². The Morgan fingerprint density at radius 1 is 0.833 bits per heavy atom. The molecule has 0 radical (unpaired) electrons. The van der Waals surface area contributed by atoms with Crippen molar-refractivity contribution in [3.8, 4) is 0 Å². The first-order valence-corrected chi connectivity index (χ1v) is 7.71. The van der Waals surface area contributed by atoms with Crippen LogP contribution in [0.25, 0.3) is 0 Å². The predicted octanol–water partition coefficient (Wildman–Crippen LogP) is 4.57. The maximum absolute atomic E-state index is 2.82. The highest BCUT2D eigenvalue weighted by atomic mass is 15.3. The summed E-state index contributed by atoms with van der Waals surface area (Å²) in [6.07, 6.45) is 2.87. The summed E-state index contributed by atoms with van der Waals surface area (Å²) in [7, 11) is 0. The molecule has 2 aliphatic rings. The number of piperidine rings is 1. The fourth-order valence-corrected chi connectivity index (χ4v) is 4.13. The maximum atomic E-state index is 2.82. The normalized spacial score (nSPS) is 34.3. The van der Waals surface area contributed by atoms with Gasteiger partial charge in [-0.1, -0.05) is 41.5 Å². The molecule has 2 bridgehead atoms.